The molecule has 1 atom stereocenters. The molecule has 0 bridgehead atoms. The molecule has 1 aromatic rings. The average molecular weight is 316 g/mol. The van der Waals surface area contributed by atoms with E-state index in [1.165, 1.54) is 5.56 Å². The Kier molecular flexibility index (Phi) is 5.12. The number of rotatable bonds is 4. The summed E-state index contributed by atoms with van der Waals surface area (Å²) in [4.78, 5) is 27.2. The Hall–Kier alpha value is -1.84. The molecule has 126 valence electrons. The van der Waals surface area contributed by atoms with E-state index in [9.17, 15) is 9.59 Å². The second kappa shape index (κ2) is 6.73. The number of para-hydroxylation sites is 1. The van der Waals surface area contributed by atoms with Crippen LogP contribution in [0.4, 0.5) is 5.69 Å². The molecule has 4 heteroatoms. The van der Waals surface area contributed by atoms with Gasteiger partial charge in [-0.2, -0.15) is 0 Å². The lowest BCUT2D eigenvalue weighted by Gasteiger charge is -2.28. The van der Waals surface area contributed by atoms with Crippen molar-refractivity contribution in [1.82, 2.24) is 5.32 Å². The molecule has 1 aromatic carbocycles. The SMILES string of the molecule is CC(C)C[C@@H](NC(=O)C(C)(C)C)C(=O)N1CCc2ccccc21. The van der Waals surface area contributed by atoms with Crippen molar-refractivity contribution >= 4 is 17.5 Å². The number of carbonyl (C=O) groups is 2. The minimum absolute atomic E-state index is 0.00116. The van der Waals surface area contributed by atoms with Crippen molar-refractivity contribution < 1.29 is 9.59 Å². The fourth-order valence-corrected chi connectivity index (χ4v) is 2.82. The number of hydrogen-bond acceptors (Lipinski definition) is 2. The maximum Gasteiger partial charge on any atom is 0.249 e. The monoisotopic (exact) mass is 316 g/mol. The highest BCUT2D eigenvalue weighted by Gasteiger charge is 2.33. The van der Waals surface area contributed by atoms with Crippen molar-refractivity contribution in [3.05, 3.63) is 29.8 Å². The second-order valence-corrected chi connectivity index (χ2v) is 7.77. The summed E-state index contributed by atoms with van der Waals surface area (Å²) in [5.74, 6) is 0.257. The van der Waals surface area contributed by atoms with Crippen molar-refractivity contribution in [1.29, 1.82) is 0 Å². The number of nitrogens with one attached hydrogen (secondary N) is 1. The molecule has 0 aromatic heterocycles. The Morgan fingerprint density at radius 2 is 1.87 bits per heavy atom. The van der Waals surface area contributed by atoms with Gasteiger partial charge in [0, 0.05) is 17.6 Å². The molecule has 1 heterocycles. The first-order valence-electron chi connectivity index (χ1n) is 8.40. The lowest BCUT2D eigenvalue weighted by Crippen LogP contribution is -2.51. The van der Waals surface area contributed by atoms with Crippen LogP contribution in [0.1, 0.15) is 46.6 Å². The molecule has 0 unspecified atom stereocenters. The molecule has 0 fully saturated rings. The first kappa shape index (κ1) is 17.5. The van der Waals surface area contributed by atoms with E-state index >= 15 is 0 Å². The van der Waals surface area contributed by atoms with Crippen molar-refractivity contribution in [2.45, 2.75) is 53.5 Å². The van der Waals surface area contributed by atoms with Gasteiger partial charge in [0.15, 0.2) is 0 Å². The molecule has 0 spiro atoms. The molecule has 23 heavy (non-hydrogen) atoms. The second-order valence-electron chi connectivity index (χ2n) is 7.77. The first-order valence-corrected chi connectivity index (χ1v) is 8.40. The van der Waals surface area contributed by atoms with Gasteiger partial charge in [-0.3, -0.25) is 9.59 Å². The van der Waals surface area contributed by atoms with Crippen LogP contribution < -0.4 is 10.2 Å². The van der Waals surface area contributed by atoms with E-state index in [4.69, 9.17) is 0 Å². The third-order valence-corrected chi connectivity index (χ3v) is 4.14. The van der Waals surface area contributed by atoms with Gasteiger partial charge in [0.1, 0.15) is 6.04 Å². The van der Waals surface area contributed by atoms with E-state index in [0.717, 1.165) is 12.1 Å². The van der Waals surface area contributed by atoms with Gasteiger partial charge in [-0.05, 0) is 30.4 Å². The molecule has 0 aliphatic carbocycles. The van der Waals surface area contributed by atoms with Crippen molar-refractivity contribution in [2.75, 3.05) is 11.4 Å². The fraction of sp³-hybridized carbons (Fsp3) is 0.579. The lowest BCUT2D eigenvalue weighted by atomic mass is 9.94. The van der Waals surface area contributed by atoms with Crippen LogP contribution in [0.25, 0.3) is 0 Å². The van der Waals surface area contributed by atoms with Crippen LogP contribution in [0.15, 0.2) is 24.3 Å². The van der Waals surface area contributed by atoms with Crippen molar-refractivity contribution in [2.24, 2.45) is 11.3 Å². The maximum absolute atomic E-state index is 13.0. The van der Waals surface area contributed by atoms with Gasteiger partial charge >= 0.3 is 0 Å². The highest BCUT2D eigenvalue weighted by molar-refractivity contribution is 6.01. The zero-order valence-electron chi connectivity index (χ0n) is 14.8. The quantitative estimate of drug-likeness (QED) is 0.927. The van der Waals surface area contributed by atoms with Crippen molar-refractivity contribution in [3.63, 3.8) is 0 Å². The van der Waals surface area contributed by atoms with Gasteiger partial charge in [0.05, 0.1) is 0 Å². The molecule has 1 N–H and O–H groups in total. The molecule has 4 nitrogen and oxygen atoms in total. The van der Waals surface area contributed by atoms with Gasteiger partial charge in [-0.25, -0.2) is 0 Å². The molecule has 2 rings (SSSR count). The number of benzene rings is 1. The van der Waals surface area contributed by atoms with E-state index < -0.39 is 11.5 Å². The Bertz CT molecular complexity index is 587. The maximum atomic E-state index is 13.0. The summed E-state index contributed by atoms with van der Waals surface area (Å²) < 4.78 is 0. The van der Waals surface area contributed by atoms with Gasteiger partial charge in [0.2, 0.25) is 11.8 Å². The molecule has 2 amide bonds. The molecule has 1 aliphatic rings. The summed E-state index contributed by atoms with van der Waals surface area (Å²) in [6.45, 7) is 10.4. The Labute approximate surface area is 139 Å². The van der Waals surface area contributed by atoms with Crippen LogP contribution in [0, 0.1) is 11.3 Å². The summed E-state index contributed by atoms with van der Waals surface area (Å²) in [6, 6.07) is 7.54. The summed E-state index contributed by atoms with van der Waals surface area (Å²) in [5.41, 5.74) is 1.68. The van der Waals surface area contributed by atoms with Gasteiger partial charge < -0.3 is 10.2 Å². The Morgan fingerprint density at radius 1 is 1.22 bits per heavy atom. The number of anilines is 1. The van der Waals surface area contributed by atoms with E-state index in [-0.39, 0.29) is 11.8 Å². The van der Waals surface area contributed by atoms with Crippen molar-refractivity contribution in [3.8, 4) is 0 Å². The normalized spacial score (nSPS) is 15.5. The van der Waals surface area contributed by atoms with Crippen LogP contribution >= 0.6 is 0 Å². The van der Waals surface area contributed by atoms with E-state index in [2.05, 4.69) is 25.2 Å². The molecular weight excluding hydrogens is 288 g/mol. The summed E-state index contributed by atoms with van der Waals surface area (Å²) in [7, 11) is 0. The van der Waals surface area contributed by atoms with Crippen LogP contribution in [0.3, 0.4) is 0 Å². The predicted octanol–water partition coefficient (Wildman–Crippen LogP) is 3.15. The zero-order chi connectivity index (χ0) is 17.2. The molecular formula is C19H28N2O2. The molecule has 0 saturated carbocycles. The van der Waals surface area contributed by atoms with Crippen LogP contribution in [-0.2, 0) is 16.0 Å². The minimum atomic E-state index is -0.502. The topological polar surface area (TPSA) is 49.4 Å². The molecule has 1 aliphatic heterocycles. The third-order valence-electron chi connectivity index (χ3n) is 4.14. The van der Waals surface area contributed by atoms with Gasteiger partial charge in [-0.1, -0.05) is 52.8 Å². The first-order chi connectivity index (χ1) is 10.7. The Morgan fingerprint density at radius 3 is 2.48 bits per heavy atom. The number of nitrogens with zero attached hydrogens (tertiary/aromatic N) is 1. The minimum Gasteiger partial charge on any atom is -0.344 e. The standard InChI is InChI=1S/C19H28N2O2/c1-13(2)12-15(20-18(23)19(3,4)5)17(22)21-11-10-14-8-6-7-9-16(14)21/h6-9,13,15H,10-12H2,1-5H3,(H,20,23)/t15-/m1/s1. The summed E-state index contributed by atoms with van der Waals surface area (Å²) in [6.07, 6.45) is 1.53. The largest absolute Gasteiger partial charge is 0.344 e. The molecule has 0 radical (unpaired) electrons. The number of fused-ring (bicyclic) bond motifs is 1. The Balaban J connectivity index is 2.19. The van der Waals surface area contributed by atoms with Crippen LogP contribution in [-0.4, -0.2) is 24.4 Å². The highest BCUT2D eigenvalue weighted by atomic mass is 16.2. The van der Waals surface area contributed by atoms with Crippen LogP contribution in [0.2, 0.25) is 0 Å². The predicted molar refractivity (Wildman–Crippen MR) is 93.3 cm³/mol. The van der Waals surface area contributed by atoms with E-state index in [0.29, 0.717) is 18.9 Å². The number of hydrogen-bond donors (Lipinski definition) is 1. The smallest absolute Gasteiger partial charge is 0.249 e. The highest BCUT2D eigenvalue weighted by Crippen LogP contribution is 2.28. The van der Waals surface area contributed by atoms with E-state index in [1.807, 2.05) is 43.9 Å². The van der Waals surface area contributed by atoms with E-state index in [1.54, 1.807) is 0 Å². The fourth-order valence-electron chi connectivity index (χ4n) is 2.82. The summed E-state index contributed by atoms with van der Waals surface area (Å²) >= 11 is 0. The average Bonchev–Trinajstić information content (AvgIpc) is 2.88. The van der Waals surface area contributed by atoms with Gasteiger partial charge in [0.25, 0.3) is 0 Å². The third kappa shape index (κ3) is 4.12. The lowest BCUT2D eigenvalue weighted by molar-refractivity contribution is -0.132. The van der Waals surface area contributed by atoms with Crippen LogP contribution in [0.5, 0.6) is 0 Å². The molecule has 0 saturated heterocycles. The number of carbonyl (C=O) groups excluding carboxylic acids is 2. The summed E-state index contributed by atoms with van der Waals surface area (Å²) in [5, 5.41) is 2.97. The number of amides is 2. The van der Waals surface area contributed by atoms with Gasteiger partial charge in [-0.15, -0.1) is 0 Å². The zero-order valence-corrected chi connectivity index (χ0v) is 14.8.